The molecule has 3 heterocycles. The van der Waals surface area contributed by atoms with Crippen LogP contribution in [0.1, 0.15) is 5.56 Å². The highest BCUT2D eigenvalue weighted by atomic mass is 32.2. The lowest BCUT2D eigenvalue weighted by molar-refractivity contribution is 0.413. The summed E-state index contributed by atoms with van der Waals surface area (Å²) in [5.41, 5.74) is 1.70. The third-order valence-electron chi connectivity index (χ3n) is 4.69. The number of fused-ring (bicyclic) bond motifs is 1. The molecular formula is C21H19N5O4S. The number of primary sulfonamides is 1. The van der Waals surface area contributed by atoms with E-state index in [9.17, 15) is 13.2 Å². The van der Waals surface area contributed by atoms with Crippen molar-refractivity contribution in [2.45, 2.75) is 11.4 Å². The number of aromatic amines is 1. The molecule has 0 bridgehead atoms. The Morgan fingerprint density at radius 3 is 2.77 bits per heavy atom. The lowest BCUT2D eigenvalue weighted by atomic mass is 10.1. The van der Waals surface area contributed by atoms with Crippen molar-refractivity contribution in [2.24, 2.45) is 5.14 Å². The molecule has 0 saturated heterocycles. The molecule has 0 aliphatic carbocycles. The molecule has 158 valence electrons. The molecule has 4 N–H and O–H groups in total. The summed E-state index contributed by atoms with van der Waals surface area (Å²) in [6.45, 7) is 0.236. The van der Waals surface area contributed by atoms with Gasteiger partial charge in [-0.1, -0.05) is 12.1 Å². The smallest absolute Gasteiger partial charge is 0.259 e. The minimum atomic E-state index is -3.82. The summed E-state index contributed by atoms with van der Waals surface area (Å²) < 4.78 is 28.5. The van der Waals surface area contributed by atoms with Crippen LogP contribution in [0.25, 0.3) is 22.0 Å². The monoisotopic (exact) mass is 437 g/mol. The van der Waals surface area contributed by atoms with Crippen LogP contribution in [0, 0.1) is 0 Å². The molecule has 0 saturated carbocycles. The first kappa shape index (κ1) is 20.5. The van der Waals surface area contributed by atoms with E-state index in [0.29, 0.717) is 33.6 Å². The summed E-state index contributed by atoms with van der Waals surface area (Å²) in [7, 11) is -2.26. The third-order valence-corrected chi connectivity index (χ3v) is 5.60. The molecule has 0 aliphatic heterocycles. The lowest BCUT2D eigenvalue weighted by Gasteiger charge is -2.12. The van der Waals surface area contributed by atoms with Crippen LogP contribution in [0.5, 0.6) is 5.75 Å². The van der Waals surface area contributed by atoms with Gasteiger partial charge in [-0.25, -0.2) is 18.5 Å². The largest absolute Gasteiger partial charge is 0.495 e. The van der Waals surface area contributed by atoms with Crippen LogP contribution in [0.15, 0.2) is 70.7 Å². The van der Waals surface area contributed by atoms with Gasteiger partial charge in [0.2, 0.25) is 10.0 Å². The average molecular weight is 437 g/mol. The molecule has 0 aliphatic rings. The van der Waals surface area contributed by atoms with Crippen molar-refractivity contribution in [3.8, 4) is 17.0 Å². The van der Waals surface area contributed by atoms with E-state index in [1.54, 1.807) is 56.0 Å². The Morgan fingerprint density at radius 1 is 1.16 bits per heavy atom. The van der Waals surface area contributed by atoms with Gasteiger partial charge in [-0.2, -0.15) is 0 Å². The zero-order valence-electron chi connectivity index (χ0n) is 16.5. The second-order valence-corrected chi connectivity index (χ2v) is 8.35. The number of nitrogens with two attached hydrogens (primary N) is 1. The molecule has 31 heavy (non-hydrogen) atoms. The van der Waals surface area contributed by atoms with Crippen molar-refractivity contribution < 1.29 is 13.2 Å². The zero-order valence-corrected chi connectivity index (χ0v) is 17.3. The summed E-state index contributed by atoms with van der Waals surface area (Å²) in [6, 6.07) is 11.6. The molecule has 0 radical (unpaired) electrons. The molecule has 9 nitrogen and oxygen atoms in total. The molecule has 0 fully saturated rings. The lowest BCUT2D eigenvalue weighted by Crippen LogP contribution is -2.13. The number of pyridine rings is 3. The van der Waals surface area contributed by atoms with Crippen LogP contribution in [0.4, 0.5) is 5.82 Å². The van der Waals surface area contributed by atoms with Gasteiger partial charge in [0, 0.05) is 24.5 Å². The van der Waals surface area contributed by atoms with E-state index in [-0.39, 0.29) is 17.0 Å². The van der Waals surface area contributed by atoms with Crippen molar-refractivity contribution in [2.75, 3.05) is 12.4 Å². The van der Waals surface area contributed by atoms with Crippen LogP contribution < -0.4 is 20.8 Å². The number of ether oxygens (including phenoxy) is 1. The van der Waals surface area contributed by atoms with Crippen LogP contribution in [-0.2, 0) is 16.6 Å². The van der Waals surface area contributed by atoms with E-state index in [4.69, 9.17) is 9.88 Å². The molecule has 0 amide bonds. The van der Waals surface area contributed by atoms with E-state index in [1.165, 1.54) is 12.1 Å². The van der Waals surface area contributed by atoms with Gasteiger partial charge >= 0.3 is 0 Å². The molecule has 4 rings (SSSR count). The van der Waals surface area contributed by atoms with Crippen molar-refractivity contribution in [3.05, 3.63) is 77.0 Å². The number of benzene rings is 1. The summed E-state index contributed by atoms with van der Waals surface area (Å²) in [5, 5.41) is 9.44. The summed E-state index contributed by atoms with van der Waals surface area (Å²) in [5.74, 6) is 0.942. The predicted molar refractivity (Wildman–Crippen MR) is 117 cm³/mol. The number of sulfonamides is 1. The fourth-order valence-electron chi connectivity index (χ4n) is 3.18. The second kappa shape index (κ2) is 8.17. The Morgan fingerprint density at radius 2 is 2.00 bits per heavy atom. The maximum absolute atomic E-state index is 12.5. The van der Waals surface area contributed by atoms with Gasteiger partial charge in [0.15, 0.2) is 0 Å². The van der Waals surface area contributed by atoms with Gasteiger partial charge in [0.05, 0.1) is 29.3 Å². The average Bonchev–Trinajstić information content (AvgIpc) is 2.77. The Bertz CT molecular complexity index is 1430. The number of rotatable bonds is 6. The predicted octanol–water partition coefficient (Wildman–Crippen LogP) is 2.25. The second-order valence-electron chi connectivity index (χ2n) is 6.79. The maximum Gasteiger partial charge on any atom is 0.259 e. The number of hydrogen-bond donors (Lipinski definition) is 3. The first-order valence-electron chi connectivity index (χ1n) is 9.22. The van der Waals surface area contributed by atoms with Gasteiger partial charge < -0.3 is 15.0 Å². The topological polar surface area (TPSA) is 140 Å². The number of H-pyrrole nitrogens is 1. The van der Waals surface area contributed by atoms with Crippen LogP contribution >= 0.6 is 0 Å². The van der Waals surface area contributed by atoms with E-state index in [2.05, 4.69) is 20.3 Å². The Hall–Kier alpha value is -3.76. The highest BCUT2D eigenvalue weighted by molar-refractivity contribution is 7.89. The van der Waals surface area contributed by atoms with Gasteiger partial charge in [0.25, 0.3) is 5.56 Å². The van der Waals surface area contributed by atoms with Gasteiger partial charge in [-0.15, -0.1) is 0 Å². The van der Waals surface area contributed by atoms with Crippen molar-refractivity contribution in [1.82, 2.24) is 15.0 Å². The maximum atomic E-state index is 12.5. The number of methoxy groups -OCH3 is 1. The molecular weight excluding hydrogens is 418 g/mol. The molecule has 0 atom stereocenters. The zero-order chi connectivity index (χ0) is 22.0. The first-order valence-corrected chi connectivity index (χ1v) is 10.8. The summed E-state index contributed by atoms with van der Waals surface area (Å²) >= 11 is 0. The number of anilines is 1. The number of nitrogens with one attached hydrogen (secondary N) is 2. The standard InChI is InChI=1S/C21H19N5O4S/c1-30-16-8-15(11-23-12-16)18-9-14-5-6-24-21(27)19(14)20(26-18)25-10-13-3-2-4-17(7-13)31(22,28)29/h2-9,11-12H,10H2,1H3,(H,24,27)(H,25,26)(H2,22,28,29). The van der Waals surface area contributed by atoms with Crippen LogP contribution in [0.2, 0.25) is 0 Å². The van der Waals surface area contributed by atoms with Gasteiger partial charge in [-0.05, 0) is 41.3 Å². The Kier molecular flexibility index (Phi) is 5.40. The van der Waals surface area contributed by atoms with E-state index < -0.39 is 10.0 Å². The summed E-state index contributed by atoms with van der Waals surface area (Å²) in [4.78, 5) is 23.9. The highest BCUT2D eigenvalue weighted by Gasteiger charge is 2.13. The van der Waals surface area contributed by atoms with Gasteiger partial charge in [-0.3, -0.25) is 9.78 Å². The number of hydrogen-bond acceptors (Lipinski definition) is 7. The Balaban J connectivity index is 1.77. The third kappa shape index (κ3) is 4.39. The molecule has 0 spiro atoms. The van der Waals surface area contributed by atoms with Crippen molar-refractivity contribution >= 4 is 26.6 Å². The van der Waals surface area contributed by atoms with Crippen LogP contribution in [-0.4, -0.2) is 30.5 Å². The van der Waals surface area contributed by atoms with Crippen molar-refractivity contribution in [3.63, 3.8) is 0 Å². The molecule has 3 aromatic heterocycles. The number of nitrogens with zero attached hydrogens (tertiary/aromatic N) is 2. The quantitative estimate of drug-likeness (QED) is 0.420. The van der Waals surface area contributed by atoms with E-state index in [0.717, 1.165) is 5.56 Å². The molecule has 10 heteroatoms. The molecule has 4 aromatic rings. The number of aromatic nitrogens is 3. The normalized spacial score (nSPS) is 11.4. The van der Waals surface area contributed by atoms with Gasteiger partial charge in [0.1, 0.15) is 11.6 Å². The summed E-state index contributed by atoms with van der Waals surface area (Å²) in [6.07, 6.45) is 4.81. The fraction of sp³-hybridized carbons (Fsp3) is 0.0952. The van der Waals surface area contributed by atoms with E-state index >= 15 is 0 Å². The molecule has 0 unspecified atom stereocenters. The Labute approximate surface area is 178 Å². The first-order chi connectivity index (χ1) is 14.8. The fourth-order valence-corrected chi connectivity index (χ4v) is 3.76. The van der Waals surface area contributed by atoms with E-state index in [1.807, 2.05) is 0 Å². The minimum Gasteiger partial charge on any atom is -0.495 e. The highest BCUT2D eigenvalue weighted by Crippen LogP contribution is 2.27. The minimum absolute atomic E-state index is 0.0127. The SMILES string of the molecule is COc1cncc(-c2cc3cc[nH]c(=O)c3c(NCc3cccc(S(N)(=O)=O)c3)n2)c1. The van der Waals surface area contributed by atoms with Crippen molar-refractivity contribution in [1.29, 1.82) is 0 Å². The molecule has 1 aromatic carbocycles. The van der Waals surface area contributed by atoms with Crippen LogP contribution in [0.3, 0.4) is 0 Å².